The van der Waals surface area contributed by atoms with Gasteiger partial charge in [0.15, 0.2) is 0 Å². The Morgan fingerprint density at radius 3 is 2.59 bits per heavy atom. The Morgan fingerprint density at radius 1 is 1.12 bits per heavy atom. The molecule has 0 fully saturated rings. The van der Waals surface area contributed by atoms with E-state index in [0.717, 1.165) is 11.3 Å². The molecule has 0 aliphatic heterocycles. The largest absolute Gasteiger partial charge is 0.489 e. The number of halogens is 1. The Kier molecular flexibility index (Phi) is 3.60. The number of hydrogen-bond donors (Lipinski definition) is 1. The van der Waals surface area contributed by atoms with E-state index < -0.39 is 0 Å². The Bertz CT molecular complexity index is 482. The van der Waals surface area contributed by atoms with Gasteiger partial charge in [-0.3, -0.25) is 0 Å². The fourth-order valence-corrected chi connectivity index (χ4v) is 1.51. The fraction of sp³-hybridized carbons (Fsp3) is 0.143. The minimum absolute atomic E-state index is 0.255. The zero-order valence-corrected chi connectivity index (χ0v) is 9.61. The maximum atomic E-state index is 12.7. The molecule has 0 amide bonds. The molecule has 0 radical (unpaired) electrons. The van der Waals surface area contributed by atoms with Gasteiger partial charge in [-0.2, -0.15) is 0 Å². The molecule has 0 heterocycles. The molecule has 0 unspecified atom stereocenters. The highest BCUT2D eigenvalue weighted by Gasteiger charge is 1.97. The molecule has 0 aromatic heterocycles. The maximum absolute atomic E-state index is 12.7. The van der Waals surface area contributed by atoms with Gasteiger partial charge < -0.3 is 10.1 Å². The molecule has 0 aliphatic rings. The van der Waals surface area contributed by atoms with Crippen LogP contribution in [0.15, 0.2) is 48.5 Å². The van der Waals surface area contributed by atoms with Crippen molar-refractivity contribution in [3.8, 4) is 5.75 Å². The molecule has 0 saturated heterocycles. The Labute approximate surface area is 100 Å². The quantitative estimate of drug-likeness (QED) is 0.870. The van der Waals surface area contributed by atoms with Gasteiger partial charge in [0.05, 0.1) is 0 Å². The Morgan fingerprint density at radius 2 is 1.88 bits per heavy atom. The third-order valence-corrected chi connectivity index (χ3v) is 2.43. The van der Waals surface area contributed by atoms with Gasteiger partial charge in [-0.1, -0.05) is 12.1 Å². The highest BCUT2D eigenvalue weighted by molar-refractivity contribution is 5.44. The molecule has 3 heteroatoms. The van der Waals surface area contributed by atoms with E-state index in [4.69, 9.17) is 4.74 Å². The number of anilines is 1. The van der Waals surface area contributed by atoms with Crippen molar-refractivity contribution in [3.63, 3.8) is 0 Å². The lowest BCUT2D eigenvalue weighted by Gasteiger charge is -2.07. The molecule has 0 bridgehead atoms. The lowest BCUT2D eigenvalue weighted by molar-refractivity contribution is 0.306. The monoisotopic (exact) mass is 231 g/mol. The second-order valence-electron chi connectivity index (χ2n) is 3.69. The Balaban J connectivity index is 1.99. The summed E-state index contributed by atoms with van der Waals surface area (Å²) in [4.78, 5) is 0. The molecular weight excluding hydrogens is 217 g/mol. The summed E-state index contributed by atoms with van der Waals surface area (Å²) in [6.07, 6.45) is 0. The molecule has 0 spiro atoms. The topological polar surface area (TPSA) is 21.3 Å². The summed E-state index contributed by atoms with van der Waals surface area (Å²) in [5.74, 6) is 0.413. The minimum atomic E-state index is -0.255. The summed E-state index contributed by atoms with van der Waals surface area (Å²) in [6.45, 7) is 0.473. The van der Waals surface area contributed by atoms with Crippen molar-refractivity contribution in [2.24, 2.45) is 0 Å². The van der Waals surface area contributed by atoms with E-state index >= 15 is 0 Å². The second kappa shape index (κ2) is 5.34. The first-order valence-corrected chi connectivity index (χ1v) is 5.43. The van der Waals surface area contributed by atoms with Crippen LogP contribution in [0.2, 0.25) is 0 Å². The summed E-state index contributed by atoms with van der Waals surface area (Å²) in [5, 5.41) is 3.07. The molecule has 2 aromatic rings. The highest BCUT2D eigenvalue weighted by atomic mass is 19.1. The third-order valence-electron chi connectivity index (χ3n) is 2.43. The van der Waals surface area contributed by atoms with Crippen molar-refractivity contribution in [1.29, 1.82) is 0 Å². The van der Waals surface area contributed by atoms with Crippen molar-refractivity contribution in [2.45, 2.75) is 6.61 Å². The van der Waals surface area contributed by atoms with Crippen molar-refractivity contribution in [2.75, 3.05) is 12.4 Å². The molecule has 88 valence electrons. The van der Waals surface area contributed by atoms with Crippen LogP contribution in [0.5, 0.6) is 5.75 Å². The van der Waals surface area contributed by atoms with Crippen LogP contribution in [0.1, 0.15) is 5.56 Å². The van der Waals surface area contributed by atoms with E-state index in [9.17, 15) is 4.39 Å². The van der Waals surface area contributed by atoms with Crippen LogP contribution in [-0.2, 0) is 6.61 Å². The van der Waals surface area contributed by atoms with Gasteiger partial charge in [0.25, 0.3) is 0 Å². The van der Waals surface area contributed by atoms with Crippen LogP contribution in [0.25, 0.3) is 0 Å². The normalized spacial score (nSPS) is 10.0. The predicted molar refractivity (Wildman–Crippen MR) is 66.7 cm³/mol. The molecular formula is C14H14FNO. The Hall–Kier alpha value is -2.03. The molecule has 0 atom stereocenters. The summed E-state index contributed by atoms with van der Waals surface area (Å²) < 4.78 is 18.2. The van der Waals surface area contributed by atoms with Crippen LogP contribution in [0, 0.1) is 5.82 Å². The van der Waals surface area contributed by atoms with E-state index in [2.05, 4.69) is 5.32 Å². The first-order valence-electron chi connectivity index (χ1n) is 5.43. The van der Waals surface area contributed by atoms with E-state index in [0.29, 0.717) is 12.4 Å². The van der Waals surface area contributed by atoms with Crippen LogP contribution >= 0.6 is 0 Å². The molecule has 2 aromatic carbocycles. The summed E-state index contributed by atoms with van der Waals surface area (Å²) in [7, 11) is 1.87. The van der Waals surface area contributed by atoms with Gasteiger partial charge in [-0.15, -0.1) is 0 Å². The summed E-state index contributed by atoms with van der Waals surface area (Å²) in [6, 6.07) is 14.0. The van der Waals surface area contributed by atoms with Crippen LogP contribution < -0.4 is 10.1 Å². The zero-order valence-electron chi connectivity index (χ0n) is 9.61. The summed E-state index contributed by atoms with van der Waals surface area (Å²) in [5.41, 5.74) is 2.12. The second-order valence-corrected chi connectivity index (χ2v) is 3.69. The van der Waals surface area contributed by atoms with Crippen molar-refractivity contribution in [3.05, 3.63) is 59.9 Å². The van der Waals surface area contributed by atoms with E-state index in [-0.39, 0.29) is 5.82 Å². The number of benzene rings is 2. The van der Waals surface area contributed by atoms with Crippen LogP contribution in [-0.4, -0.2) is 7.05 Å². The van der Waals surface area contributed by atoms with E-state index in [1.54, 1.807) is 12.1 Å². The molecule has 17 heavy (non-hydrogen) atoms. The number of nitrogens with one attached hydrogen (secondary N) is 1. The first kappa shape index (κ1) is 11.5. The number of rotatable bonds is 4. The van der Waals surface area contributed by atoms with Gasteiger partial charge in [-0.05, 0) is 42.0 Å². The lowest BCUT2D eigenvalue weighted by Crippen LogP contribution is -1.96. The zero-order chi connectivity index (χ0) is 12.1. The fourth-order valence-electron chi connectivity index (χ4n) is 1.51. The predicted octanol–water partition coefficient (Wildman–Crippen LogP) is 3.45. The van der Waals surface area contributed by atoms with Gasteiger partial charge >= 0.3 is 0 Å². The molecule has 2 rings (SSSR count). The van der Waals surface area contributed by atoms with Crippen molar-refractivity contribution in [1.82, 2.24) is 0 Å². The highest BCUT2D eigenvalue weighted by Crippen LogP contribution is 2.15. The maximum Gasteiger partial charge on any atom is 0.123 e. The van der Waals surface area contributed by atoms with Gasteiger partial charge in [0.1, 0.15) is 18.2 Å². The van der Waals surface area contributed by atoms with Crippen LogP contribution in [0.3, 0.4) is 0 Å². The third kappa shape index (κ3) is 3.21. The van der Waals surface area contributed by atoms with Crippen molar-refractivity contribution < 1.29 is 9.13 Å². The van der Waals surface area contributed by atoms with Gasteiger partial charge in [0.2, 0.25) is 0 Å². The standard InChI is InChI=1S/C14H14FNO/c1-16-13-4-2-3-11(9-13)10-17-14-7-5-12(15)6-8-14/h2-9,16H,10H2,1H3. The molecule has 0 saturated carbocycles. The van der Waals surface area contributed by atoms with Gasteiger partial charge in [-0.25, -0.2) is 4.39 Å². The molecule has 0 aliphatic carbocycles. The molecule has 1 N–H and O–H groups in total. The average molecular weight is 231 g/mol. The number of ether oxygens (including phenoxy) is 1. The number of hydrogen-bond acceptors (Lipinski definition) is 2. The first-order chi connectivity index (χ1) is 8.28. The summed E-state index contributed by atoms with van der Waals surface area (Å²) >= 11 is 0. The van der Waals surface area contributed by atoms with Crippen molar-refractivity contribution >= 4 is 5.69 Å². The molecule has 2 nitrogen and oxygen atoms in total. The smallest absolute Gasteiger partial charge is 0.123 e. The lowest BCUT2D eigenvalue weighted by atomic mass is 10.2. The van der Waals surface area contributed by atoms with Crippen LogP contribution in [0.4, 0.5) is 10.1 Å². The SMILES string of the molecule is CNc1cccc(COc2ccc(F)cc2)c1. The van der Waals surface area contributed by atoms with Gasteiger partial charge in [0, 0.05) is 12.7 Å². The van der Waals surface area contributed by atoms with E-state index in [1.165, 1.54) is 12.1 Å². The van der Waals surface area contributed by atoms with E-state index in [1.807, 2.05) is 31.3 Å². The minimum Gasteiger partial charge on any atom is -0.489 e. The average Bonchev–Trinajstić information content (AvgIpc) is 2.38.